The van der Waals surface area contributed by atoms with E-state index in [-0.39, 0.29) is 11.5 Å². The van der Waals surface area contributed by atoms with Gasteiger partial charge < -0.3 is 10.6 Å². The van der Waals surface area contributed by atoms with Crippen molar-refractivity contribution in [3.8, 4) is 0 Å². The van der Waals surface area contributed by atoms with Gasteiger partial charge in [-0.15, -0.1) is 0 Å². The molecule has 1 aliphatic heterocycles. The largest absolute Gasteiger partial charge is 0.341 e. The van der Waals surface area contributed by atoms with Crippen molar-refractivity contribution in [3.05, 3.63) is 0 Å². The Morgan fingerprint density at radius 3 is 2.50 bits per heavy atom. The van der Waals surface area contributed by atoms with E-state index in [1.54, 1.807) is 0 Å². The molecule has 1 saturated heterocycles. The smallest absolute Gasteiger partial charge is 0.222 e. The fourth-order valence-corrected chi connectivity index (χ4v) is 2.46. The highest BCUT2D eigenvalue weighted by Crippen LogP contribution is 2.36. The lowest BCUT2D eigenvalue weighted by atomic mass is 9.80. The van der Waals surface area contributed by atoms with Gasteiger partial charge in [-0.2, -0.15) is 0 Å². The number of carbonyl (C=O) groups excluding carboxylic acids is 1. The monoisotopic (exact) mass is 224 g/mol. The number of likely N-dealkylation sites (tertiary alicyclic amines) is 1. The van der Waals surface area contributed by atoms with Gasteiger partial charge in [-0.1, -0.05) is 20.8 Å². The predicted molar refractivity (Wildman–Crippen MR) is 64.8 cm³/mol. The van der Waals surface area contributed by atoms with Crippen LogP contribution in [-0.2, 0) is 4.79 Å². The third-order valence-electron chi connectivity index (χ3n) is 4.10. The van der Waals surface area contributed by atoms with Crippen LogP contribution in [-0.4, -0.2) is 29.9 Å². The van der Waals surface area contributed by atoms with Crippen LogP contribution in [0.1, 0.15) is 40.0 Å². The van der Waals surface area contributed by atoms with Crippen molar-refractivity contribution in [3.63, 3.8) is 0 Å². The van der Waals surface area contributed by atoms with Gasteiger partial charge >= 0.3 is 0 Å². The average Bonchev–Trinajstić information content (AvgIpc) is 2.92. The lowest BCUT2D eigenvalue weighted by Gasteiger charge is -2.27. The van der Waals surface area contributed by atoms with Gasteiger partial charge in [0.1, 0.15) is 0 Å². The Morgan fingerprint density at radius 1 is 1.44 bits per heavy atom. The summed E-state index contributed by atoms with van der Waals surface area (Å²) < 4.78 is 0. The lowest BCUT2D eigenvalue weighted by molar-refractivity contribution is -0.128. The summed E-state index contributed by atoms with van der Waals surface area (Å²) in [5, 5.41) is 0. The molecule has 2 unspecified atom stereocenters. The van der Waals surface area contributed by atoms with Crippen molar-refractivity contribution in [2.75, 3.05) is 13.1 Å². The van der Waals surface area contributed by atoms with Crippen LogP contribution in [0.15, 0.2) is 0 Å². The van der Waals surface area contributed by atoms with Crippen LogP contribution in [0.25, 0.3) is 0 Å². The van der Waals surface area contributed by atoms with E-state index in [1.807, 2.05) is 4.90 Å². The van der Waals surface area contributed by atoms with Crippen LogP contribution in [0.5, 0.6) is 0 Å². The van der Waals surface area contributed by atoms with E-state index >= 15 is 0 Å². The van der Waals surface area contributed by atoms with Crippen molar-refractivity contribution >= 4 is 5.91 Å². The maximum absolute atomic E-state index is 11.9. The first-order chi connectivity index (χ1) is 7.38. The molecule has 1 saturated carbocycles. The lowest BCUT2D eigenvalue weighted by Crippen LogP contribution is -2.40. The second-order valence-electron chi connectivity index (χ2n) is 6.57. The van der Waals surface area contributed by atoms with Crippen molar-refractivity contribution < 1.29 is 4.79 Å². The summed E-state index contributed by atoms with van der Waals surface area (Å²) in [7, 11) is 0. The molecule has 92 valence electrons. The van der Waals surface area contributed by atoms with Crippen molar-refractivity contribution in [2.24, 2.45) is 23.0 Å². The maximum Gasteiger partial charge on any atom is 0.222 e. The van der Waals surface area contributed by atoms with Gasteiger partial charge in [-0.25, -0.2) is 0 Å². The molecule has 1 aliphatic carbocycles. The molecule has 1 heterocycles. The van der Waals surface area contributed by atoms with Crippen LogP contribution < -0.4 is 5.73 Å². The van der Waals surface area contributed by atoms with E-state index in [0.717, 1.165) is 13.1 Å². The highest BCUT2D eigenvalue weighted by molar-refractivity contribution is 5.78. The van der Waals surface area contributed by atoms with Crippen molar-refractivity contribution in [1.82, 2.24) is 4.90 Å². The van der Waals surface area contributed by atoms with Gasteiger partial charge in [0.2, 0.25) is 5.91 Å². The second-order valence-corrected chi connectivity index (χ2v) is 6.57. The summed E-state index contributed by atoms with van der Waals surface area (Å²) in [5.41, 5.74) is 6.31. The Hall–Kier alpha value is -0.570. The van der Waals surface area contributed by atoms with Crippen LogP contribution in [0, 0.1) is 17.3 Å². The molecule has 0 aromatic heterocycles. The number of hydrogen-bond donors (Lipinski definition) is 1. The summed E-state index contributed by atoms with van der Waals surface area (Å²) in [5.74, 6) is 1.48. The molecule has 0 aromatic rings. The van der Waals surface area contributed by atoms with E-state index < -0.39 is 0 Å². The topological polar surface area (TPSA) is 46.3 Å². The zero-order chi connectivity index (χ0) is 11.9. The van der Waals surface area contributed by atoms with Gasteiger partial charge in [0.25, 0.3) is 0 Å². The molecule has 0 aromatic carbocycles. The highest BCUT2D eigenvalue weighted by Gasteiger charge is 2.39. The molecule has 3 heteroatoms. The van der Waals surface area contributed by atoms with Crippen LogP contribution in [0.2, 0.25) is 0 Å². The number of carbonyl (C=O) groups is 1. The molecule has 16 heavy (non-hydrogen) atoms. The minimum atomic E-state index is 0.211. The Labute approximate surface area is 98.4 Å². The molecule has 1 amide bonds. The van der Waals surface area contributed by atoms with E-state index in [1.165, 1.54) is 12.8 Å². The first kappa shape index (κ1) is 11.9. The van der Waals surface area contributed by atoms with Gasteiger partial charge in [0.05, 0.1) is 0 Å². The number of rotatable bonds is 3. The first-order valence-corrected chi connectivity index (χ1v) is 6.41. The predicted octanol–water partition coefficient (Wildman–Crippen LogP) is 1.62. The quantitative estimate of drug-likeness (QED) is 0.792. The molecule has 2 atom stereocenters. The molecule has 3 nitrogen and oxygen atoms in total. The van der Waals surface area contributed by atoms with E-state index in [0.29, 0.717) is 24.2 Å². The third-order valence-corrected chi connectivity index (χ3v) is 4.10. The van der Waals surface area contributed by atoms with E-state index in [9.17, 15) is 4.79 Å². The van der Waals surface area contributed by atoms with Gasteiger partial charge in [0.15, 0.2) is 0 Å². The summed E-state index contributed by atoms with van der Waals surface area (Å²) in [6.45, 7) is 8.33. The zero-order valence-corrected chi connectivity index (χ0v) is 10.7. The molecular formula is C13H24N2O. The fraction of sp³-hybridized carbons (Fsp3) is 0.923. The highest BCUT2D eigenvalue weighted by atomic mass is 16.2. The minimum Gasteiger partial charge on any atom is -0.341 e. The number of hydrogen-bond acceptors (Lipinski definition) is 2. The van der Waals surface area contributed by atoms with E-state index in [2.05, 4.69) is 20.8 Å². The maximum atomic E-state index is 11.9. The number of nitrogens with two attached hydrogens (primary N) is 1. The fourth-order valence-electron chi connectivity index (χ4n) is 2.46. The molecule has 2 fully saturated rings. The van der Waals surface area contributed by atoms with E-state index in [4.69, 9.17) is 5.73 Å². The number of nitrogens with zero attached hydrogens (tertiary/aromatic N) is 1. The molecule has 2 aliphatic rings. The summed E-state index contributed by atoms with van der Waals surface area (Å²) >= 11 is 0. The molecule has 2 rings (SSSR count). The molecule has 0 spiro atoms. The van der Waals surface area contributed by atoms with Crippen molar-refractivity contribution in [1.29, 1.82) is 0 Å². The first-order valence-electron chi connectivity index (χ1n) is 6.41. The Morgan fingerprint density at radius 2 is 2.06 bits per heavy atom. The van der Waals surface area contributed by atoms with Gasteiger partial charge in [0, 0.05) is 25.6 Å². The summed E-state index contributed by atoms with van der Waals surface area (Å²) in [4.78, 5) is 13.9. The Kier molecular flexibility index (Phi) is 2.99. The summed E-state index contributed by atoms with van der Waals surface area (Å²) in [6, 6.07) is 0.211. The van der Waals surface area contributed by atoms with Gasteiger partial charge in [-0.3, -0.25) is 4.79 Å². The molecular weight excluding hydrogens is 200 g/mol. The Bertz CT molecular complexity index is 278. The SMILES string of the molecule is CC(C)(C)C1CC(=O)N(CC(N)C2CC2)C1. The molecule has 2 N–H and O–H groups in total. The van der Waals surface area contributed by atoms with Crippen LogP contribution in [0.4, 0.5) is 0 Å². The third kappa shape index (κ3) is 2.57. The minimum absolute atomic E-state index is 0.211. The number of amides is 1. The van der Waals surface area contributed by atoms with Gasteiger partial charge in [-0.05, 0) is 30.1 Å². The second kappa shape index (κ2) is 4.02. The molecule has 0 bridgehead atoms. The average molecular weight is 224 g/mol. The zero-order valence-electron chi connectivity index (χ0n) is 10.7. The summed E-state index contributed by atoms with van der Waals surface area (Å²) in [6.07, 6.45) is 3.22. The standard InChI is InChI=1S/C13H24N2O/c1-13(2,3)10-6-12(16)15(7-10)8-11(14)9-4-5-9/h9-11H,4-8,14H2,1-3H3. The Balaban J connectivity index is 1.89. The van der Waals surface area contributed by atoms with Crippen molar-refractivity contribution in [2.45, 2.75) is 46.1 Å². The van der Waals surface area contributed by atoms with Crippen LogP contribution in [0.3, 0.4) is 0 Å². The normalized spacial score (nSPS) is 28.6. The van der Waals surface area contributed by atoms with Crippen LogP contribution >= 0.6 is 0 Å². The molecule has 0 radical (unpaired) electrons.